The predicted molar refractivity (Wildman–Crippen MR) is 77.7 cm³/mol. The zero-order chi connectivity index (χ0) is 13.5. The molecule has 4 nitrogen and oxygen atoms in total. The van der Waals surface area contributed by atoms with Crippen LogP contribution in [0, 0.1) is 0 Å². The van der Waals surface area contributed by atoms with Crippen molar-refractivity contribution in [1.82, 2.24) is 10.2 Å². The molecule has 0 bridgehead atoms. The van der Waals surface area contributed by atoms with Gasteiger partial charge >= 0.3 is 5.97 Å². The first-order valence-corrected chi connectivity index (χ1v) is 7.78. The van der Waals surface area contributed by atoms with Crippen molar-refractivity contribution in [2.24, 2.45) is 0 Å². The van der Waals surface area contributed by atoms with E-state index in [-0.39, 0.29) is 6.42 Å². The molecule has 1 aliphatic heterocycles. The van der Waals surface area contributed by atoms with Crippen molar-refractivity contribution in [2.45, 2.75) is 32.2 Å². The van der Waals surface area contributed by atoms with E-state index in [0.717, 1.165) is 24.5 Å². The highest BCUT2D eigenvalue weighted by atomic mass is 32.1. The molecular weight excluding hydrogens is 260 g/mol. The third-order valence-electron chi connectivity index (χ3n) is 3.40. The van der Waals surface area contributed by atoms with Gasteiger partial charge in [-0.05, 0) is 38.1 Å². The summed E-state index contributed by atoms with van der Waals surface area (Å²) in [5.74, 6) is -0.758. The number of hydrogen-bond donors (Lipinski definition) is 2. The van der Waals surface area contributed by atoms with Gasteiger partial charge in [0.2, 0.25) is 0 Å². The number of hydrogen-bond acceptors (Lipinski definition) is 4. The van der Waals surface area contributed by atoms with E-state index in [1.165, 1.54) is 37.2 Å². The minimum absolute atomic E-state index is 0.137. The Balaban J connectivity index is 1.62. The van der Waals surface area contributed by atoms with Gasteiger partial charge in [0, 0.05) is 29.4 Å². The molecule has 2 N–H and O–H groups in total. The second-order valence-corrected chi connectivity index (χ2v) is 6.27. The zero-order valence-electron chi connectivity index (χ0n) is 11.2. The number of nitrogens with one attached hydrogen (secondary N) is 1. The van der Waals surface area contributed by atoms with Crippen LogP contribution in [0.4, 0.5) is 0 Å². The molecule has 2 heterocycles. The molecular formula is C14H22N2O2S. The first-order chi connectivity index (χ1) is 9.24. The zero-order valence-corrected chi connectivity index (χ0v) is 12.0. The summed E-state index contributed by atoms with van der Waals surface area (Å²) in [6, 6.07) is 3.94. The van der Waals surface area contributed by atoms with E-state index in [2.05, 4.69) is 10.2 Å². The standard InChI is InChI=1S/C14H22N2O2S/c17-14(18)10-12-4-5-13(19-12)11-15-6-9-16-7-2-1-3-8-16/h4-5,15H,1-3,6-11H2,(H,17,18). The van der Waals surface area contributed by atoms with Crippen molar-refractivity contribution in [2.75, 3.05) is 26.2 Å². The second-order valence-electron chi connectivity index (χ2n) is 5.02. The van der Waals surface area contributed by atoms with Gasteiger partial charge in [-0.3, -0.25) is 4.79 Å². The maximum atomic E-state index is 10.6. The topological polar surface area (TPSA) is 52.6 Å². The molecule has 0 aromatic carbocycles. The lowest BCUT2D eigenvalue weighted by Crippen LogP contribution is -2.35. The number of piperidine rings is 1. The SMILES string of the molecule is O=C(O)Cc1ccc(CNCCN2CCCCC2)s1. The van der Waals surface area contributed by atoms with Gasteiger partial charge in [-0.2, -0.15) is 0 Å². The summed E-state index contributed by atoms with van der Waals surface area (Å²) in [4.78, 5) is 15.3. The first kappa shape index (κ1) is 14.5. The van der Waals surface area contributed by atoms with E-state index in [4.69, 9.17) is 5.11 Å². The lowest BCUT2D eigenvalue weighted by atomic mass is 10.1. The van der Waals surface area contributed by atoms with Crippen LogP contribution in [0.15, 0.2) is 12.1 Å². The highest BCUT2D eigenvalue weighted by molar-refractivity contribution is 7.12. The average Bonchev–Trinajstić information content (AvgIpc) is 2.83. The van der Waals surface area contributed by atoms with E-state index in [1.807, 2.05) is 12.1 Å². The van der Waals surface area contributed by atoms with Gasteiger partial charge in [-0.1, -0.05) is 6.42 Å². The van der Waals surface area contributed by atoms with Crippen LogP contribution in [0.1, 0.15) is 29.0 Å². The van der Waals surface area contributed by atoms with E-state index in [9.17, 15) is 4.79 Å². The van der Waals surface area contributed by atoms with Crippen LogP contribution >= 0.6 is 11.3 Å². The molecule has 0 unspecified atom stereocenters. The predicted octanol–water partition coefficient (Wildman–Crippen LogP) is 1.95. The molecule has 0 atom stereocenters. The lowest BCUT2D eigenvalue weighted by molar-refractivity contribution is -0.136. The van der Waals surface area contributed by atoms with Gasteiger partial charge in [0.15, 0.2) is 0 Å². The van der Waals surface area contributed by atoms with Crippen LogP contribution in [0.25, 0.3) is 0 Å². The normalized spacial score (nSPS) is 16.6. The summed E-state index contributed by atoms with van der Waals surface area (Å²) in [6.45, 7) is 5.45. The third kappa shape index (κ3) is 5.30. The minimum atomic E-state index is -0.758. The van der Waals surface area contributed by atoms with Crippen molar-refractivity contribution in [1.29, 1.82) is 0 Å². The van der Waals surface area contributed by atoms with Crippen molar-refractivity contribution >= 4 is 17.3 Å². The number of carboxylic acids is 1. The molecule has 5 heteroatoms. The molecule has 0 radical (unpaired) electrons. The number of thiophene rings is 1. The summed E-state index contributed by atoms with van der Waals surface area (Å²) in [5.41, 5.74) is 0. The molecule has 1 aromatic rings. The monoisotopic (exact) mass is 282 g/mol. The van der Waals surface area contributed by atoms with Gasteiger partial charge in [-0.25, -0.2) is 0 Å². The number of rotatable bonds is 7. The molecule has 1 saturated heterocycles. The Kier molecular flexibility index (Phi) is 5.82. The van der Waals surface area contributed by atoms with Crippen molar-refractivity contribution in [3.8, 4) is 0 Å². The quantitative estimate of drug-likeness (QED) is 0.751. The highest BCUT2D eigenvalue weighted by Gasteiger charge is 2.09. The minimum Gasteiger partial charge on any atom is -0.481 e. The van der Waals surface area contributed by atoms with Crippen LogP contribution in [0.5, 0.6) is 0 Å². The molecule has 1 aliphatic rings. The Hall–Kier alpha value is -0.910. The van der Waals surface area contributed by atoms with E-state index in [0.29, 0.717) is 0 Å². The Bertz CT molecular complexity index is 400. The summed E-state index contributed by atoms with van der Waals surface area (Å²) >= 11 is 1.59. The molecule has 0 spiro atoms. The van der Waals surface area contributed by atoms with Crippen molar-refractivity contribution in [3.05, 3.63) is 21.9 Å². The Labute approximate surface area is 118 Å². The second kappa shape index (κ2) is 7.62. The molecule has 1 aromatic heterocycles. The van der Waals surface area contributed by atoms with Crippen LogP contribution in [-0.4, -0.2) is 42.2 Å². The Morgan fingerprint density at radius 2 is 2.00 bits per heavy atom. The van der Waals surface area contributed by atoms with Crippen molar-refractivity contribution < 1.29 is 9.90 Å². The molecule has 0 aliphatic carbocycles. The molecule has 1 fully saturated rings. The van der Waals surface area contributed by atoms with E-state index in [1.54, 1.807) is 11.3 Å². The van der Waals surface area contributed by atoms with Crippen LogP contribution < -0.4 is 5.32 Å². The molecule has 0 saturated carbocycles. The lowest BCUT2D eigenvalue weighted by Gasteiger charge is -2.26. The fraction of sp³-hybridized carbons (Fsp3) is 0.643. The van der Waals surface area contributed by atoms with Crippen LogP contribution in [-0.2, 0) is 17.8 Å². The number of carboxylic acid groups (broad SMARTS) is 1. The molecule has 19 heavy (non-hydrogen) atoms. The third-order valence-corrected chi connectivity index (χ3v) is 4.48. The van der Waals surface area contributed by atoms with Crippen molar-refractivity contribution in [3.63, 3.8) is 0 Å². The fourth-order valence-electron chi connectivity index (χ4n) is 2.39. The number of likely N-dealkylation sites (tertiary alicyclic amines) is 1. The fourth-order valence-corrected chi connectivity index (χ4v) is 3.37. The largest absolute Gasteiger partial charge is 0.481 e. The average molecular weight is 282 g/mol. The maximum Gasteiger partial charge on any atom is 0.308 e. The van der Waals surface area contributed by atoms with Gasteiger partial charge in [0.25, 0.3) is 0 Å². The first-order valence-electron chi connectivity index (χ1n) is 6.96. The Morgan fingerprint density at radius 3 is 2.74 bits per heavy atom. The summed E-state index contributed by atoms with van der Waals surface area (Å²) in [7, 11) is 0. The maximum absolute atomic E-state index is 10.6. The number of nitrogens with zero attached hydrogens (tertiary/aromatic N) is 1. The Morgan fingerprint density at radius 1 is 1.26 bits per heavy atom. The van der Waals surface area contributed by atoms with Crippen LogP contribution in [0.3, 0.4) is 0 Å². The van der Waals surface area contributed by atoms with Gasteiger partial charge in [-0.15, -0.1) is 11.3 Å². The number of carbonyl (C=O) groups is 1. The smallest absolute Gasteiger partial charge is 0.308 e. The molecule has 2 rings (SSSR count). The summed E-state index contributed by atoms with van der Waals surface area (Å²) < 4.78 is 0. The molecule has 106 valence electrons. The number of aliphatic carboxylic acids is 1. The summed E-state index contributed by atoms with van der Waals surface area (Å²) in [5, 5.41) is 12.2. The highest BCUT2D eigenvalue weighted by Crippen LogP contribution is 2.16. The van der Waals surface area contributed by atoms with Crippen LogP contribution in [0.2, 0.25) is 0 Å². The van der Waals surface area contributed by atoms with E-state index < -0.39 is 5.97 Å². The van der Waals surface area contributed by atoms with Gasteiger partial charge < -0.3 is 15.3 Å². The van der Waals surface area contributed by atoms with Gasteiger partial charge in [0.05, 0.1) is 6.42 Å². The van der Waals surface area contributed by atoms with Gasteiger partial charge in [0.1, 0.15) is 0 Å². The summed E-state index contributed by atoms with van der Waals surface area (Å²) in [6.07, 6.45) is 4.19. The van der Waals surface area contributed by atoms with E-state index >= 15 is 0 Å². The molecule has 0 amide bonds.